The first-order valence-corrected chi connectivity index (χ1v) is 20.2. The quantitative estimate of drug-likeness (QED) is 0.0441. The van der Waals surface area contributed by atoms with Crippen LogP contribution in [0, 0.1) is 10.1 Å². The highest BCUT2D eigenvalue weighted by Crippen LogP contribution is 2.37. The highest BCUT2D eigenvalue weighted by molar-refractivity contribution is 8.01. The molecule has 1 atom stereocenters. The van der Waals surface area contributed by atoms with Gasteiger partial charge in [0.2, 0.25) is 0 Å². The molecule has 0 fully saturated rings. The van der Waals surface area contributed by atoms with Gasteiger partial charge in [-0.15, -0.1) is 11.8 Å². The number of para-hydroxylation sites is 1. The predicted octanol–water partition coefficient (Wildman–Crippen LogP) is 10.8. The van der Waals surface area contributed by atoms with Crippen molar-refractivity contribution >= 4 is 44.9 Å². The van der Waals surface area contributed by atoms with Crippen molar-refractivity contribution in [1.82, 2.24) is 0 Å². The minimum absolute atomic E-state index is 0.0454. The van der Waals surface area contributed by atoms with Gasteiger partial charge in [-0.3, -0.25) is 19.5 Å². The molecule has 1 aliphatic heterocycles. The molecular formula is C38H49N3O7S2. The van der Waals surface area contributed by atoms with E-state index in [0.29, 0.717) is 22.8 Å². The Morgan fingerprint density at radius 1 is 0.820 bits per heavy atom. The third-order valence-corrected chi connectivity index (χ3v) is 10.9. The van der Waals surface area contributed by atoms with Crippen molar-refractivity contribution in [3.63, 3.8) is 0 Å². The van der Waals surface area contributed by atoms with Gasteiger partial charge in [0, 0.05) is 17.0 Å². The number of unbranched alkanes of at least 4 members (excludes halogenated alkanes) is 14. The highest BCUT2D eigenvalue weighted by atomic mass is 32.2. The lowest BCUT2D eigenvalue weighted by atomic mass is 10.0. The summed E-state index contributed by atoms with van der Waals surface area (Å²) in [5.41, 5.74) is 0.769. The summed E-state index contributed by atoms with van der Waals surface area (Å²) in [6.07, 6.45) is 19.2. The fraction of sp³-hybridized carbons (Fsp3) is 0.474. The van der Waals surface area contributed by atoms with Crippen LogP contribution >= 0.6 is 11.8 Å². The SMILES string of the molecule is CCCCCCCCCCCCCCCCCC1=NN(c2ccc(Oc3ccccc3)c(S(=O)(=O)O)c2)C(=O)C1Sc1ccc([N+](=O)[O-])cc1. The molecule has 0 radical (unpaired) electrons. The van der Waals surface area contributed by atoms with E-state index in [2.05, 4.69) is 12.0 Å². The summed E-state index contributed by atoms with van der Waals surface area (Å²) in [5.74, 6) is -0.0824. The second-order valence-corrected chi connectivity index (χ2v) is 15.3. The number of non-ortho nitro benzene ring substituents is 1. The molecule has 1 amide bonds. The van der Waals surface area contributed by atoms with E-state index >= 15 is 0 Å². The molecule has 270 valence electrons. The first-order valence-electron chi connectivity index (χ1n) is 17.8. The number of carbonyl (C=O) groups excluding carboxylic acids is 1. The minimum atomic E-state index is -4.72. The predicted molar refractivity (Wildman–Crippen MR) is 200 cm³/mol. The Morgan fingerprint density at radius 3 is 1.92 bits per heavy atom. The number of hydrogen-bond acceptors (Lipinski definition) is 8. The number of amides is 1. The van der Waals surface area contributed by atoms with Crippen LogP contribution in [0.25, 0.3) is 0 Å². The summed E-state index contributed by atoms with van der Waals surface area (Å²) in [6, 6.07) is 18.7. The van der Waals surface area contributed by atoms with Crippen molar-refractivity contribution in [3.8, 4) is 11.5 Å². The lowest BCUT2D eigenvalue weighted by Crippen LogP contribution is -2.29. The molecule has 0 spiro atoms. The van der Waals surface area contributed by atoms with Crippen molar-refractivity contribution in [2.45, 2.75) is 125 Å². The fourth-order valence-electron chi connectivity index (χ4n) is 5.96. The molecule has 3 aromatic rings. The van der Waals surface area contributed by atoms with E-state index < -0.39 is 25.2 Å². The number of nitro groups is 1. The summed E-state index contributed by atoms with van der Waals surface area (Å²) < 4.78 is 40.6. The Hall–Kier alpha value is -3.74. The summed E-state index contributed by atoms with van der Waals surface area (Å²) in [4.78, 5) is 24.7. The third kappa shape index (κ3) is 12.2. The third-order valence-electron chi connectivity index (χ3n) is 8.72. The Kier molecular flexibility index (Phi) is 15.8. The average molecular weight is 724 g/mol. The summed E-state index contributed by atoms with van der Waals surface area (Å²) in [5, 5.41) is 16.3. The second-order valence-electron chi connectivity index (χ2n) is 12.7. The Labute approximate surface area is 300 Å². The molecule has 1 N–H and O–H groups in total. The molecule has 1 aliphatic rings. The van der Waals surface area contributed by atoms with Crippen molar-refractivity contribution in [2.24, 2.45) is 5.10 Å². The molecular weight excluding hydrogens is 675 g/mol. The van der Waals surface area contributed by atoms with E-state index in [1.54, 1.807) is 42.5 Å². The first-order chi connectivity index (χ1) is 24.2. The molecule has 0 saturated heterocycles. The lowest BCUT2D eigenvalue weighted by molar-refractivity contribution is -0.384. The molecule has 0 bridgehead atoms. The van der Waals surface area contributed by atoms with Gasteiger partial charge in [-0.1, -0.05) is 115 Å². The van der Waals surface area contributed by atoms with Gasteiger partial charge in [-0.05, 0) is 55.3 Å². The van der Waals surface area contributed by atoms with Crippen LogP contribution in [0.4, 0.5) is 11.4 Å². The highest BCUT2D eigenvalue weighted by Gasteiger charge is 2.38. The van der Waals surface area contributed by atoms with Gasteiger partial charge in [0.05, 0.1) is 16.3 Å². The van der Waals surface area contributed by atoms with Crippen LogP contribution in [0.1, 0.15) is 110 Å². The summed E-state index contributed by atoms with van der Waals surface area (Å²) in [6.45, 7) is 2.25. The smallest absolute Gasteiger partial charge is 0.298 e. The van der Waals surface area contributed by atoms with Crippen molar-refractivity contribution in [2.75, 3.05) is 5.01 Å². The molecule has 1 unspecified atom stereocenters. The zero-order chi connectivity index (χ0) is 35.8. The van der Waals surface area contributed by atoms with E-state index in [4.69, 9.17) is 4.74 Å². The lowest BCUT2D eigenvalue weighted by Gasteiger charge is -2.17. The molecule has 10 nitrogen and oxygen atoms in total. The van der Waals surface area contributed by atoms with Gasteiger partial charge in [0.25, 0.3) is 21.7 Å². The van der Waals surface area contributed by atoms with E-state index in [0.717, 1.165) is 19.3 Å². The van der Waals surface area contributed by atoms with E-state index in [-0.39, 0.29) is 23.0 Å². The Morgan fingerprint density at radius 2 is 1.38 bits per heavy atom. The Bertz CT molecular complexity index is 1670. The largest absolute Gasteiger partial charge is 0.456 e. The number of thioether (sulfide) groups is 1. The number of hydrogen-bond donors (Lipinski definition) is 1. The maximum absolute atomic E-state index is 13.8. The minimum Gasteiger partial charge on any atom is -0.456 e. The first kappa shape index (κ1) is 39.1. The van der Waals surface area contributed by atoms with E-state index in [9.17, 15) is 27.9 Å². The number of rotatable bonds is 23. The zero-order valence-electron chi connectivity index (χ0n) is 28.9. The molecule has 0 aliphatic carbocycles. The van der Waals surface area contributed by atoms with Gasteiger partial charge < -0.3 is 4.74 Å². The molecule has 0 saturated carbocycles. The average Bonchev–Trinajstić information content (AvgIpc) is 3.40. The maximum atomic E-state index is 13.8. The monoisotopic (exact) mass is 723 g/mol. The van der Waals surface area contributed by atoms with Gasteiger partial charge >= 0.3 is 0 Å². The number of hydrazone groups is 1. The van der Waals surface area contributed by atoms with Crippen LogP contribution in [-0.4, -0.2) is 34.8 Å². The molecule has 3 aromatic carbocycles. The van der Waals surface area contributed by atoms with E-state index in [1.807, 2.05) is 0 Å². The number of carbonyl (C=O) groups is 1. The fourth-order valence-corrected chi connectivity index (χ4v) is 7.66. The van der Waals surface area contributed by atoms with Crippen LogP contribution < -0.4 is 9.75 Å². The topological polar surface area (TPSA) is 139 Å². The van der Waals surface area contributed by atoms with Gasteiger partial charge in [-0.25, -0.2) is 0 Å². The van der Waals surface area contributed by atoms with Crippen LogP contribution in [0.15, 0.2) is 87.7 Å². The van der Waals surface area contributed by atoms with Crippen LogP contribution in [-0.2, 0) is 14.9 Å². The zero-order valence-corrected chi connectivity index (χ0v) is 30.5. The van der Waals surface area contributed by atoms with Crippen molar-refractivity contribution in [3.05, 3.63) is 82.9 Å². The van der Waals surface area contributed by atoms with Crippen molar-refractivity contribution in [1.29, 1.82) is 0 Å². The normalized spacial score (nSPS) is 14.6. The molecule has 4 rings (SSSR count). The second kappa shape index (κ2) is 20.2. The van der Waals surface area contributed by atoms with Gasteiger partial charge in [0.1, 0.15) is 21.6 Å². The van der Waals surface area contributed by atoms with Gasteiger partial charge in [0.15, 0.2) is 0 Å². The van der Waals surface area contributed by atoms with Crippen molar-refractivity contribution < 1.29 is 27.4 Å². The van der Waals surface area contributed by atoms with Crippen LogP contribution in [0.2, 0.25) is 0 Å². The molecule has 0 aromatic heterocycles. The van der Waals surface area contributed by atoms with Crippen LogP contribution in [0.3, 0.4) is 0 Å². The molecule has 50 heavy (non-hydrogen) atoms. The number of nitro benzene ring substituents is 1. The maximum Gasteiger partial charge on any atom is 0.298 e. The molecule has 12 heteroatoms. The summed E-state index contributed by atoms with van der Waals surface area (Å²) in [7, 11) is -4.72. The number of benzene rings is 3. The number of nitrogens with zero attached hydrogens (tertiary/aromatic N) is 3. The Balaban J connectivity index is 1.36. The standard InChI is InChI=1S/C38H49N3O7S2/c1-2-3-4-5-6-7-8-9-10-11-12-13-14-15-19-22-34-37(49-33-26-23-30(24-27-33)41(43)44)38(42)40(39-34)31-25-28-35(36(29-31)50(45,46)47)48-32-20-17-16-18-21-32/h16-18,20-21,23-29,37H,2-15,19,22H2,1H3,(H,45,46,47). The van der Waals surface area contributed by atoms with E-state index in [1.165, 1.54) is 124 Å². The number of ether oxygens (including phenoxy) is 1. The number of anilines is 1. The van der Waals surface area contributed by atoms with Gasteiger partial charge in [-0.2, -0.15) is 18.5 Å². The summed E-state index contributed by atoms with van der Waals surface area (Å²) >= 11 is 1.25. The molecule has 1 heterocycles. The van der Waals surface area contributed by atoms with Crippen LogP contribution in [0.5, 0.6) is 11.5 Å².